The fourth-order valence-electron chi connectivity index (χ4n) is 7.26. The third kappa shape index (κ3) is 13.2. The lowest BCUT2D eigenvalue weighted by atomic mass is 9.71. The Morgan fingerprint density at radius 2 is 1.08 bits per heavy atom. The molecule has 0 bridgehead atoms. The number of hydrogen-bond acceptors (Lipinski definition) is 2. The second-order valence-electron chi connectivity index (χ2n) is 13.5. The van der Waals surface area contributed by atoms with Gasteiger partial charge in [0.05, 0.1) is 0 Å². The molecule has 38 heavy (non-hydrogen) atoms. The first-order valence-electron chi connectivity index (χ1n) is 17.6. The van der Waals surface area contributed by atoms with Gasteiger partial charge in [0.25, 0.3) is 0 Å². The van der Waals surface area contributed by atoms with E-state index >= 15 is 0 Å². The van der Waals surface area contributed by atoms with Crippen LogP contribution in [0.5, 0.6) is 0 Å². The third-order valence-corrected chi connectivity index (χ3v) is 9.94. The molecule has 0 aromatic heterocycles. The molecule has 0 aromatic carbocycles. The van der Waals surface area contributed by atoms with Gasteiger partial charge in [-0.1, -0.05) is 130 Å². The average molecular weight is 533 g/mol. The van der Waals surface area contributed by atoms with Crippen molar-refractivity contribution in [3.05, 3.63) is 0 Å². The summed E-state index contributed by atoms with van der Waals surface area (Å²) < 4.78 is 0. The molecule has 0 saturated carbocycles. The van der Waals surface area contributed by atoms with Gasteiger partial charge in [0.15, 0.2) is 0 Å². The Bertz CT molecular complexity index is 574. The van der Waals surface area contributed by atoms with Crippen molar-refractivity contribution in [3.63, 3.8) is 0 Å². The molecule has 0 aromatic rings. The smallest absolute Gasteiger partial charge is 0.222 e. The van der Waals surface area contributed by atoms with E-state index in [0.717, 1.165) is 37.8 Å². The van der Waals surface area contributed by atoms with E-state index in [-0.39, 0.29) is 0 Å². The molecule has 0 radical (unpaired) electrons. The number of amides is 1. The largest absolute Gasteiger partial charge is 0.343 e. The fourth-order valence-corrected chi connectivity index (χ4v) is 7.26. The average Bonchev–Trinajstić information content (AvgIpc) is 2.91. The number of hydrogen-bond donors (Lipinski definition) is 0. The predicted octanol–water partition coefficient (Wildman–Crippen LogP) is 10.0. The van der Waals surface area contributed by atoms with Crippen LogP contribution in [0, 0.1) is 17.3 Å². The molecule has 3 heteroatoms. The summed E-state index contributed by atoms with van der Waals surface area (Å²) in [6.07, 6.45) is 29.1. The quantitative estimate of drug-likeness (QED) is 0.122. The Balaban J connectivity index is 1.69. The van der Waals surface area contributed by atoms with Crippen LogP contribution in [0.2, 0.25) is 0 Å². The normalized spacial score (nSPS) is 19.0. The minimum Gasteiger partial charge on any atom is -0.343 e. The Morgan fingerprint density at radius 1 is 0.605 bits per heavy atom. The van der Waals surface area contributed by atoms with Gasteiger partial charge in [-0.2, -0.15) is 0 Å². The van der Waals surface area contributed by atoms with Crippen LogP contribution in [0.4, 0.5) is 0 Å². The van der Waals surface area contributed by atoms with Crippen molar-refractivity contribution in [1.29, 1.82) is 0 Å². The van der Waals surface area contributed by atoms with Gasteiger partial charge in [-0.25, -0.2) is 0 Å². The van der Waals surface area contributed by atoms with Crippen molar-refractivity contribution in [2.24, 2.45) is 17.3 Å². The second-order valence-corrected chi connectivity index (χ2v) is 13.5. The van der Waals surface area contributed by atoms with Gasteiger partial charge < -0.3 is 9.80 Å². The molecule has 1 spiro atoms. The van der Waals surface area contributed by atoms with Gasteiger partial charge >= 0.3 is 0 Å². The zero-order valence-electron chi connectivity index (χ0n) is 26.5. The van der Waals surface area contributed by atoms with Crippen LogP contribution < -0.4 is 0 Å². The second kappa shape index (κ2) is 20.3. The number of likely N-dealkylation sites (tertiary alicyclic amines) is 2. The number of carbonyl (C=O) groups excluding carboxylic acids is 1. The van der Waals surface area contributed by atoms with Gasteiger partial charge in [-0.3, -0.25) is 4.79 Å². The summed E-state index contributed by atoms with van der Waals surface area (Å²) in [6, 6.07) is 0. The predicted molar refractivity (Wildman–Crippen MR) is 167 cm³/mol. The maximum Gasteiger partial charge on any atom is 0.222 e. The first-order chi connectivity index (χ1) is 18.6. The van der Waals surface area contributed by atoms with Crippen molar-refractivity contribution in [3.8, 4) is 0 Å². The van der Waals surface area contributed by atoms with Gasteiger partial charge in [0.1, 0.15) is 0 Å². The molecular formula is C35H68N2O. The Hall–Kier alpha value is -0.570. The summed E-state index contributed by atoms with van der Waals surface area (Å²) in [7, 11) is 0. The van der Waals surface area contributed by atoms with Gasteiger partial charge in [0.2, 0.25) is 5.91 Å². The molecule has 2 rings (SSSR count). The van der Waals surface area contributed by atoms with Crippen LogP contribution in [-0.4, -0.2) is 48.4 Å². The molecule has 0 aliphatic carbocycles. The summed E-state index contributed by atoms with van der Waals surface area (Å²) in [5.41, 5.74) is 0.524. The van der Waals surface area contributed by atoms with Crippen molar-refractivity contribution >= 4 is 5.91 Å². The van der Waals surface area contributed by atoms with Crippen LogP contribution in [0.3, 0.4) is 0 Å². The highest BCUT2D eigenvalue weighted by Gasteiger charge is 2.45. The lowest BCUT2D eigenvalue weighted by molar-refractivity contribution is -0.136. The molecular weight excluding hydrogens is 464 g/mol. The van der Waals surface area contributed by atoms with Crippen molar-refractivity contribution in [1.82, 2.24) is 9.80 Å². The highest BCUT2D eigenvalue weighted by molar-refractivity contribution is 5.76. The molecule has 0 N–H and O–H groups in total. The first kappa shape index (κ1) is 33.6. The van der Waals surface area contributed by atoms with Crippen LogP contribution in [0.1, 0.15) is 169 Å². The Labute approximate surface area is 239 Å². The maximum absolute atomic E-state index is 13.2. The van der Waals surface area contributed by atoms with E-state index in [1.54, 1.807) is 0 Å². The fraction of sp³-hybridized carbons (Fsp3) is 0.971. The Morgan fingerprint density at radius 3 is 1.68 bits per heavy atom. The standard InChI is InChI=1S/C35H68N2O/c1-5-9-13-15-18-21-32(20-17-14-10-6-2)23-24-34(38)37-27-25-35(26-28-37)30-36(31-35)29-33(19-12-8-4)22-16-11-7-3/h32-33H,5-31H2,1-4H3. The maximum atomic E-state index is 13.2. The van der Waals surface area contributed by atoms with Crippen molar-refractivity contribution < 1.29 is 4.79 Å². The summed E-state index contributed by atoms with van der Waals surface area (Å²) in [5.74, 6) is 2.13. The molecule has 1 amide bonds. The minimum atomic E-state index is 0.455. The summed E-state index contributed by atoms with van der Waals surface area (Å²) in [6.45, 7) is 15.2. The molecule has 2 aliphatic rings. The third-order valence-electron chi connectivity index (χ3n) is 9.94. The van der Waals surface area contributed by atoms with Crippen LogP contribution in [-0.2, 0) is 4.79 Å². The molecule has 2 heterocycles. The van der Waals surface area contributed by atoms with Crippen molar-refractivity contribution in [2.45, 2.75) is 169 Å². The van der Waals surface area contributed by atoms with Crippen LogP contribution in [0.25, 0.3) is 0 Å². The Kier molecular flexibility index (Phi) is 18.0. The van der Waals surface area contributed by atoms with Crippen LogP contribution >= 0.6 is 0 Å². The lowest BCUT2D eigenvalue weighted by Gasteiger charge is -2.55. The van der Waals surface area contributed by atoms with E-state index in [4.69, 9.17) is 0 Å². The van der Waals surface area contributed by atoms with Gasteiger partial charge in [0, 0.05) is 39.1 Å². The van der Waals surface area contributed by atoms with E-state index < -0.39 is 0 Å². The summed E-state index contributed by atoms with van der Waals surface area (Å²) in [4.78, 5) is 18.2. The molecule has 224 valence electrons. The molecule has 3 nitrogen and oxygen atoms in total. The van der Waals surface area contributed by atoms with Crippen molar-refractivity contribution in [2.75, 3.05) is 32.7 Å². The van der Waals surface area contributed by atoms with Gasteiger partial charge in [-0.05, 0) is 49.4 Å². The summed E-state index contributed by atoms with van der Waals surface area (Å²) >= 11 is 0. The first-order valence-corrected chi connectivity index (χ1v) is 17.6. The van der Waals surface area contributed by atoms with E-state index in [2.05, 4.69) is 37.5 Å². The van der Waals surface area contributed by atoms with Crippen LogP contribution in [0.15, 0.2) is 0 Å². The van der Waals surface area contributed by atoms with E-state index in [0.29, 0.717) is 11.3 Å². The molecule has 2 fully saturated rings. The number of unbranched alkanes of at least 4 members (excludes halogenated alkanes) is 10. The minimum absolute atomic E-state index is 0.455. The zero-order chi connectivity index (χ0) is 27.5. The highest BCUT2D eigenvalue weighted by atomic mass is 16.2. The summed E-state index contributed by atoms with van der Waals surface area (Å²) in [5, 5.41) is 0. The molecule has 2 unspecified atom stereocenters. The molecule has 2 aliphatic heterocycles. The van der Waals surface area contributed by atoms with Gasteiger partial charge in [-0.15, -0.1) is 0 Å². The monoisotopic (exact) mass is 533 g/mol. The molecule has 2 atom stereocenters. The number of carbonyl (C=O) groups is 1. The van der Waals surface area contributed by atoms with E-state index in [9.17, 15) is 4.79 Å². The lowest BCUT2D eigenvalue weighted by Crippen LogP contribution is -2.61. The van der Waals surface area contributed by atoms with E-state index in [1.165, 1.54) is 148 Å². The van der Waals surface area contributed by atoms with E-state index in [1.807, 2.05) is 0 Å². The number of rotatable bonds is 23. The highest BCUT2D eigenvalue weighted by Crippen LogP contribution is 2.41. The zero-order valence-corrected chi connectivity index (χ0v) is 26.5. The SMILES string of the molecule is CCCCCCCC(CCCCCC)CCC(=O)N1CCC2(CC1)CN(CC(CCCC)CCCCC)C2. The topological polar surface area (TPSA) is 23.6 Å². The number of piperidine rings is 1. The number of nitrogens with zero attached hydrogens (tertiary/aromatic N) is 2. The molecule has 2 saturated heterocycles.